The SMILES string of the molecule is C[n+]1cn2c(c1-c1ccccc1)-c1ccccc1C2. The molecule has 0 N–H and O–H groups in total. The third kappa shape index (κ3) is 1.46. The van der Waals surface area contributed by atoms with Crippen molar-refractivity contribution < 1.29 is 4.57 Å². The van der Waals surface area contributed by atoms with Crippen molar-refractivity contribution in [1.29, 1.82) is 0 Å². The van der Waals surface area contributed by atoms with Crippen molar-refractivity contribution in [1.82, 2.24) is 4.57 Å². The quantitative estimate of drug-likeness (QED) is 0.457. The third-order valence-electron chi connectivity index (χ3n) is 3.84. The second-order valence-electron chi connectivity index (χ2n) is 5.07. The molecule has 0 saturated heterocycles. The molecule has 4 rings (SSSR count). The summed E-state index contributed by atoms with van der Waals surface area (Å²) in [5.41, 5.74) is 6.68. The van der Waals surface area contributed by atoms with Crippen LogP contribution in [0.2, 0.25) is 0 Å². The first-order chi connectivity index (χ1) is 9.34. The van der Waals surface area contributed by atoms with Gasteiger partial charge >= 0.3 is 0 Å². The van der Waals surface area contributed by atoms with Crippen LogP contribution in [0.25, 0.3) is 22.5 Å². The molecule has 0 spiro atoms. The highest BCUT2D eigenvalue weighted by molar-refractivity contribution is 5.80. The van der Waals surface area contributed by atoms with Crippen molar-refractivity contribution >= 4 is 0 Å². The maximum atomic E-state index is 2.34. The first-order valence-corrected chi connectivity index (χ1v) is 6.57. The van der Waals surface area contributed by atoms with Crippen molar-refractivity contribution in [2.45, 2.75) is 6.54 Å². The Labute approximate surface area is 112 Å². The standard InChI is InChI=1S/C17H15N2/c1-18-12-19-11-14-9-5-6-10-15(14)17(19)16(18)13-7-3-2-4-8-13/h2-10,12H,11H2,1H3/q+1. The lowest BCUT2D eigenvalue weighted by molar-refractivity contribution is -0.660. The second kappa shape index (κ2) is 3.82. The van der Waals surface area contributed by atoms with Crippen molar-refractivity contribution in [3.63, 3.8) is 0 Å². The predicted octanol–water partition coefficient (Wildman–Crippen LogP) is 3.01. The van der Waals surface area contributed by atoms with Gasteiger partial charge in [0.1, 0.15) is 6.54 Å². The summed E-state index contributed by atoms with van der Waals surface area (Å²) in [6.07, 6.45) is 2.19. The molecule has 2 aromatic carbocycles. The summed E-state index contributed by atoms with van der Waals surface area (Å²) in [4.78, 5) is 0. The Bertz CT molecular complexity index is 754. The fourth-order valence-corrected chi connectivity index (χ4v) is 3.04. The molecule has 92 valence electrons. The number of hydrogen-bond donors (Lipinski definition) is 0. The molecule has 1 aromatic heterocycles. The van der Waals surface area contributed by atoms with Gasteiger partial charge in [0.25, 0.3) is 0 Å². The van der Waals surface area contributed by atoms with E-state index in [0.717, 1.165) is 6.54 Å². The summed E-state index contributed by atoms with van der Waals surface area (Å²) < 4.78 is 4.56. The third-order valence-corrected chi connectivity index (χ3v) is 3.84. The van der Waals surface area contributed by atoms with E-state index < -0.39 is 0 Å². The Balaban J connectivity index is 2.02. The van der Waals surface area contributed by atoms with Crippen LogP contribution in [0.4, 0.5) is 0 Å². The van der Waals surface area contributed by atoms with Crippen molar-refractivity contribution in [2.75, 3.05) is 0 Å². The average molecular weight is 247 g/mol. The van der Waals surface area contributed by atoms with Crippen molar-refractivity contribution in [2.24, 2.45) is 7.05 Å². The summed E-state index contributed by atoms with van der Waals surface area (Å²) in [5, 5.41) is 0. The summed E-state index contributed by atoms with van der Waals surface area (Å²) in [5.74, 6) is 0. The van der Waals surface area contributed by atoms with Gasteiger partial charge in [-0.1, -0.05) is 54.6 Å². The van der Waals surface area contributed by atoms with E-state index in [0.29, 0.717) is 0 Å². The van der Waals surface area contributed by atoms with Gasteiger partial charge in [0.05, 0.1) is 7.05 Å². The molecule has 1 aliphatic rings. The molecule has 0 atom stereocenters. The number of rotatable bonds is 1. The normalized spacial score (nSPS) is 12.3. The van der Waals surface area contributed by atoms with Crippen LogP contribution in [0.15, 0.2) is 60.9 Å². The van der Waals surface area contributed by atoms with E-state index in [1.165, 1.54) is 28.1 Å². The number of imidazole rings is 1. The number of hydrogen-bond acceptors (Lipinski definition) is 0. The van der Waals surface area contributed by atoms with Gasteiger partial charge in [-0.25, -0.2) is 9.13 Å². The molecule has 0 amide bonds. The van der Waals surface area contributed by atoms with Gasteiger partial charge in [-0.2, -0.15) is 0 Å². The minimum Gasteiger partial charge on any atom is -0.232 e. The lowest BCUT2D eigenvalue weighted by Crippen LogP contribution is -2.28. The van der Waals surface area contributed by atoms with Crippen molar-refractivity contribution in [3.8, 4) is 22.5 Å². The number of benzene rings is 2. The maximum Gasteiger partial charge on any atom is 0.244 e. The van der Waals surface area contributed by atoms with Crippen LogP contribution >= 0.6 is 0 Å². The minimum absolute atomic E-state index is 0.978. The summed E-state index contributed by atoms with van der Waals surface area (Å²) >= 11 is 0. The fourth-order valence-electron chi connectivity index (χ4n) is 3.04. The highest BCUT2D eigenvalue weighted by Crippen LogP contribution is 2.37. The van der Waals surface area contributed by atoms with Crippen LogP contribution in [-0.4, -0.2) is 4.57 Å². The summed E-state index contributed by atoms with van der Waals surface area (Å²) in [6.45, 7) is 0.978. The topological polar surface area (TPSA) is 8.81 Å². The molecule has 2 heteroatoms. The van der Waals surface area contributed by atoms with E-state index in [4.69, 9.17) is 0 Å². The number of nitrogens with zero attached hydrogens (tertiary/aromatic N) is 2. The van der Waals surface area contributed by atoms with Gasteiger partial charge in [-0.05, 0) is 0 Å². The monoisotopic (exact) mass is 247 g/mol. The number of aromatic nitrogens is 2. The Hall–Kier alpha value is -2.35. The molecular formula is C17H15N2+. The highest BCUT2D eigenvalue weighted by Gasteiger charge is 2.30. The van der Waals surface area contributed by atoms with E-state index in [1.54, 1.807) is 0 Å². The number of aryl methyl sites for hydroxylation is 1. The Morgan fingerprint density at radius 1 is 0.947 bits per heavy atom. The van der Waals surface area contributed by atoms with E-state index in [9.17, 15) is 0 Å². The van der Waals surface area contributed by atoms with Gasteiger partial charge in [-0.3, -0.25) is 0 Å². The summed E-state index contributed by atoms with van der Waals surface area (Å²) in [7, 11) is 2.12. The average Bonchev–Trinajstić information content (AvgIpc) is 2.94. The molecule has 19 heavy (non-hydrogen) atoms. The van der Waals surface area contributed by atoms with Crippen LogP contribution < -0.4 is 4.57 Å². The molecule has 3 aromatic rings. The van der Waals surface area contributed by atoms with Gasteiger partial charge in [-0.15, -0.1) is 0 Å². The Kier molecular flexibility index (Phi) is 2.12. The van der Waals surface area contributed by atoms with Gasteiger partial charge < -0.3 is 0 Å². The Morgan fingerprint density at radius 3 is 2.53 bits per heavy atom. The van der Waals surface area contributed by atoms with E-state index >= 15 is 0 Å². The molecule has 0 fully saturated rings. The van der Waals surface area contributed by atoms with Gasteiger partial charge in [0.2, 0.25) is 6.33 Å². The van der Waals surface area contributed by atoms with Crippen LogP contribution in [0.3, 0.4) is 0 Å². The molecule has 0 unspecified atom stereocenters. The van der Waals surface area contributed by atoms with Crippen LogP contribution in [0.5, 0.6) is 0 Å². The predicted molar refractivity (Wildman–Crippen MR) is 75.6 cm³/mol. The zero-order chi connectivity index (χ0) is 12.8. The van der Waals surface area contributed by atoms with Gasteiger partial charge in [0.15, 0.2) is 11.4 Å². The lowest BCUT2D eigenvalue weighted by Gasteiger charge is -2.01. The zero-order valence-electron chi connectivity index (χ0n) is 10.9. The number of fused-ring (bicyclic) bond motifs is 3. The van der Waals surface area contributed by atoms with Crippen LogP contribution in [-0.2, 0) is 13.6 Å². The molecule has 2 heterocycles. The van der Waals surface area contributed by atoms with E-state index in [-0.39, 0.29) is 0 Å². The maximum absolute atomic E-state index is 2.34. The van der Waals surface area contributed by atoms with Crippen LogP contribution in [0, 0.1) is 0 Å². The van der Waals surface area contributed by atoms with Crippen LogP contribution in [0.1, 0.15) is 5.56 Å². The summed E-state index contributed by atoms with van der Waals surface area (Å²) in [6, 6.07) is 19.3. The highest BCUT2D eigenvalue weighted by atomic mass is 15.1. The van der Waals surface area contributed by atoms with E-state index in [1.807, 2.05) is 0 Å². The second-order valence-corrected chi connectivity index (χ2v) is 5.07. The molecule has 0 saturated carbocycles. The molecule has 0 bridgehead atoms. The minimum atomic E-state index is 0.978. The van der Waals surface area contributed by atoms with E-state index in [2.05, 4.69) is 77.1 Å². The molecule has 0 aliphatic carbocycles. The zero-order valence-corrected chi connectivity index (χ0v) is 10.9. The largest absolute Gasteiger partial charge is 0.244 e. The van der Waals surface area contributed by atoms with Crippen molar-refractivity contribution in [3.05, 3.63) is 66.5 Å². The smallest absolute Gasteiger partial charge is 0.232 e. The molecule has 0 radical (unpaired) electrons. The lowest BCUT2D eigenvalue weighted by atomic mass is 10.0. The fraction of sp³-hybridized carbons (Fsp3) is 0.118. The molecule has 1 aliphatic heterocycles. The first-order valence-electron chi connectivity index (χ1n) is 6.57. The molecule has 2 nitrogen and oxygen atoms in total. The van der Waals surface area contributed by atoms with Gasteiger partial charge in [0, 0.05) is 16.7 Å². The first kappa shape index (κ1) is 10.6. The Morgan fingerprint density at radius 2 is 1.68 bits per heavy atom. The molecular weight excluding hydrogens is 232 g/mol.